The van der Waals surface area contributed by atoms with Crippen LogP contribution in [0.5, 0.6) is 0 Å². The number of carbonyl (C=O) groups excluding carboxylic acids is 1. The van der Waals surface area contributed by atoms with Crippen molar-refractivity contribution in [2.45, 2.75) is 64.6 Å². The van der Waals surface area contributed by atoms with E-state index in [1.807, 2.05) is 4.90 Å². The first-order valence-electron chi connectivity index (χ1n) is 6.43. The lowest BCUT2D eigenvalue weighted by Gasteiger charge is -2.49. The van der Waals surface area contributed by atoms with Crippen molar-refractivity contribution in [2.75, 3.05) is 13.1 Å². The quantitative estimate of drug-likeness (QED) is 0.778. The standard InChI is InChI=1S/C13H27N3O/c1-10(17)16(7-6-14)11-8-12(2,3)15-13(4,5)9-11/h11,15H,6-9,14H2,1-5H3. The Bertz CT molecular complexity index is 270. The van der Waals surface area contributed by atoms with E-state index >= 15 is 0 Å². The third-order valence-electron chi connectivity index (χ3n) is 3.38. The molecule has 0 bridgehead atoms. The van der Waals surface area contributed by atoms with E-state index in [-0.39, 0.29) is 17.0 Å². The summed E-state index contributed by atoms with van der Waals surface area (Å²) in [6.45, 7) is 11.6. The first-order chi connectivity index (χ1) is 7.67. The van der Waals surface area contributed by atoms with Gasteiger partial charge >= 0.3 is 0 Å². The molecule has 1 aliphatic rings. The molecule has 0 saturated carbocycles. The van der Waals surface area contributed by atoms with Crippen molar-refractivity contribution in [1.82, 2.24) is 10.2 Å². The molecule has 1 amide bonds. The van der Waals surface area contributed by atoms with Gasteiger partial charge in [-0.15, -0.1) is 0 Å². The van der Waals surface area contributed by atoms with Gasteiger partial charge in [-0.2, -0.15) is 0 Å². The minimum atomic E-state index is 0.0642. The highest BCUT2D eigenvalue weighted by Gasteiger charge is 2.40. The van der Waals surface area contributed by atoms with Crippen molar-refractivity contribution < 1.29 is 4.79 Å². The van der Waals surface area contributed by atoms with Gasteiger partial charge in [0.25, 0.3) is 0 Å². The number of piperidine rings is 1. The predicted octanol–water partition coefficient (Wildman–Crippen LogP) is 1.10. The largest absolute Gasteiger partial charge is 0.339 e. The summed E-state index contributed by atoms with van der Waals surface area (Å²) in [6.07, 6.45) is 1.96. The normalized spacial score (nSPS) is 23.4. The van der Waals surface area contributed by atoms with Gasteiger partial charge in [-0.1, -0.05) is 0 Å². The lowest BCUT2D eigenvalue weighted by molar-refractivity contribution is -0.132. The van der Waals surface area contributed by atoms with E-state index < -0.39 is 0 Å². The average Bonchev–Trinajstić information content (AvgIpc) is 2.08. The second kappa shape index (κ2) is 4.94. The van der Waals surface area contributed by atoms with E-state index in [1.54, 1.807) is 6.92 Å². The molecule has 0 aromatic rings. The molecule has 0 unspecified atom stereocenters. The molecular formula is C13H27N3O. The van der Waals surface area contributed by atoms with E-state index in [4.69, 9.17) is 5.73 Å². The maximum absolute atomic E-state index is 11.7. The fourth-order valence-electron chi connectivity index (χ4n) is 3.23. The Hall–Kier alpha value is -0.610. The molecule has 4 nitrogen and oxygen atoms in total. The smallest absolute Gasteiger partial charge is 0.219 e. The van der Waals surface area contributed by atoms with Crippen molar-refractivity contribution in [3.05, 3.63) is 0 Å². The average molecular weight is 241 g/mol. The van der Waals surface area contributed by atoms with Gasteiger partial charge in [-0.25, -0.2) is 0 Å². The molecule has 0 spiro atoms. The van der Waals surface area contributed by atoms with Gasteiger partial charge in [0.1, 0.15) is 0 Å². The zero-order valence-corrected chi connectivity index (χ0v) is 11.8. The summed E-state index contributed by atoms with van der Waals surface area (Å²) in [5.74, 6) is 0.133. The van der Waals surface area contributed by atoms with Gasteiger partial charge in [0.05, 0.1) is 0 Å². The maximum Gasteiger partial charge on any atom is 0.219 e. The highest BCUT2D eigenvalue weighted by molar-refractivity contribution is 5.73. The zero-order chi connectivity index (χ0) is 13.3. The van der Waals surface area contributed by atoms with Crippen LogP contribution in [0, 0.1) is 0 Å². The van der Waals surface area contributed by atoms with Crippen LogP contribution in [0.15, 0.2) is 0 Å². The van der Waals surface area contributed by atoms with Crippen LogP contribution >= 0.6 is 0 Å². The highest BCUT2D eigenvalue weighted by atomic mass is 16.2. The second-order valence-electron chi connectivity index (χ2n) is 6.46. The molecule has 1 rings (SSSR count). The van der Waals surface area contributed by atoms with Crippen molar-refractivity contribution in [1.29, 1.82) is 0 Å². The van der Waals surface area contributed by atoms with Crippen LogP contribution in [0.1, 0.15) is 47.5 Å². The Morgan fingerprint density at radius 3 is 2.12 bits per heavy atom. The molecule has 1 aliphatic heterocycles. The van der Waals surface area contributed by atoms with Crippen LogP contribution in [0.25, 0.3) is 0 Å². The minimum Gasteiger partial charge on any atom is -0.339 e. The molecule has 17 heavy (non-hydrogen) atoms. The molecule has 1 saturated heterocycles. The van der Waals surface area contributed by atoms with Crippen LogP contribution in [-0.4, -0.2) is 41.0 Å². The molecule has 0 aliphatic carbocycles. The molecule has 0 aromatic carbocycles. The van der Waals surface area contributed by atoms with Crippen molar-refractivity contribution in [2.24, 2.45) is 5.73 Å². The van der Waals surface area contributed by atoms with Crippen molar-refractivity contribution >= 4 is 5.91 Å². The Morgan fingerprint density at radius 1 is 1.29 bits per heavy atom. The van der Waals surface area contributed by atoms with Crippen LogP contribution < -0.4 is 11.1 Å². The molecule has 3 N–H and O–H groups in total. The number of carbonyl (C=O) groups is 1. The molecule has 100 valence electrons. The monoisotopic (exact) mass is 241 g/mol. The molecule has 0 atom stereocenters. The molecule has 0 radical (unpaired) electrons. The highest BCUT2D eigenvalue weighted by Crippen LogP contribution is 2.31. The van der Waals surface area contributed by atoms with Gasteiger partial charge in [0.15, 0.2) is 0 Å². The molecule has 0 aromatic heterocycles. The molecule has 4 heteroatoms. The number of rotatable bonds is 3. The molecule has 1 heterocycles. The summed E-state index contributed by atoms with van der Waals surface area (Å²) in [4.78, 5) is 13.6. The lowest BCUT2D eigenvalue weighted by atomic mass is 9.79. The predicted molar refractivity (Wildman–Crippen MR) is 70.8 cm³/mol. The summed E-state index contributed by atoms with van der Waals surface area (Å²) in [7, 11) is 0. The second-order valence-corrected chi connectivity index (χ2v) is 6.46. The van der Waals surface area contributed by atoms with Gasteiger partial charge in [0, 0.05) is 37.1 Å². The number of nitrogens with two attached hydrogens (primary N) is 1. The minimum absolute atomic E-state index is 0.0642. The fourth-order valence-corrected chi connectivity index (χ4v) is 3.23. The fraction of sp³-hybridized carbons (Fsp3) is 0.923. The first kappa shape index (κ1) is 14.5. The van der Waals surface area contributed by atoms with Crippen LogP contribution in [0.4, 0.5) is 0 Å². The molecular weight excluding hydrogens is 214 g/mol. The third kappa shape index (κ3) is 3.96. The SMILES string of the molecule is CC(=O)N(CCN)C1CC(C)(C)NC(C)(C)C1. The lowest BCUT2D eigenvalue weighted by Crippen LogP contribution is -2.63. The van der Waals surface area contributed by atoms with Crippen molar-refractivity contribution in [3.8, 4) is 0 Å². The van der Waals surface area contributed by atoms with Crippen LogP contribution in [-0.2, 0) is 4.79 Å². The number of amides is 1. The number of hydrogen-bond acceptors (Lipinski definition) is 3. The zero-order valence-electron chi connectivity index (χ0n) is 11.8. The Kier molecular flexibility index (Phi) is 4.20. The van der Waals surface area contributed by atoms with Gasteiger partial charge < -0.3 is 16.0 Å². The summed E-state index contributed by atoms with van der Waals surface area (Å²) < 4.78 is 0. The van der Waals surface area contributed by atoms with Crippen LogP contribution in [0.3, 0.4) is 0 Å². The van der Waals surface area contributed by atoms with Crippen molar-refractivity contribution in [3.63, 3.8) is 0 Å². The first-order valence-corrected chi connectivity index (χ1v) is 6.43. The Labute approximate surface area is 105 Å². The third-order valence-corrected chi connectivity index (χ3v) is 3.38. The summed E-state index contributed by atoms with van der Waals surface area (Å²) in [5, 5.41) is 3.63. The number of nitrogens with one attached hydrogen (secondary N) is 1. The van der Waals surface area contributed by atoms with Gasteiger partial charge in [0.2, 0.25) is 5.91 Å². The van der Waals surface area contributed by atoms with E-state index in [1.165, 1.54) is 0 Å². The Balaban J connectivity index is 2.84. The van der Waals surface area contributed by atoms with E-state index in [9.17, 15) is 4.79 Å². The number of hydrogen-bond donors (Lipinski definition) is 2. The molecule has 1 fully saturated rings. The van der Waals surface area contributed by atoms with E-state index in [0.29, 0.717) is 19.1 Å². The maximum atomic E-state index is 11.7. The van der Waals surface area contributed by atoms with Crippen LogP contribution in [0.2, 0.25) is 0 Å². The van der Waals surface area contributed by atoms with Gasteiger partial charge in [-0.05, 0) is 40.5 Å². The summed E-state index contributed by atoms with van der Waals surface area (Å²) in [6, 6.07) is 0.294. The van der Waals surface area contributed by atoms with E-state index in [0.717, 1.165) is 12.8 Å². The van der Waals surface area contributed by atoms with Gasteiger partial charge in [-0.3, -0.25) is 4.79 Å². The Morgan fingerprint density at radius 2 is 1.76 bits per heavy atom. The summed E-state index contributed by atoms with van der Waals surface area (Å²) in [5.41, 5.74) is 5.73. The number of nitrogens with zero attached hydrogens (tertiary/aromatic N) is 1. The topological polar surface area (TPSA) is 58.4 Å². The van der Waals surface area contributed by atoms with E-state index in [2.05, 4.69) is 33.0 Å². The summed E-state index contributed by atoms with van der Waals surface area (Å²) >= 11 is 0.